The second kappa shape index (κ2) is 4.82. The number of hydrogen-bond acceptors (Lipinski definition) is 4. The van der Waals surface area contributed by atoms with E-state index in [9.17, 15) is 9.59 Å². The van der Waals surface area contributed by atoms with E-state index in [1.807, 2.05) is 0 Å². The lowest BCUT2D eigenvalue weighted by Gasteiger charge is -2.24. The topological polar surface area (TPSA) is 105 Å². The second-order valence-electron chi connectivity index (χ2n) is 4.35. The number of carboxylic acid groups (broad SMARTS) is 1. The first-order valence-corrected chi connectivity index (χ1v) is 5.07. The number of nitrogens with one attached hydrogen (secondary N) is 1. The van der Waals surface area contributed by atoms with Gasteiger partial charge < -0.3 is 16.2 Å². The maximum Gasteiger partial charge on any atom is 0.305 e. The van der Waals surface area contributed by atoms with E-state index in [2.05, 4.69) is 10.3 Å². The Morgan fingerprint density at radius 2 is 2.12 bits per heavy atom. The summed E-state index contributed by atoms with van der Waals surface area (Å²) in [6.07, 6.45) is -0.0600. The van der Waals surface area contributed by atoms with Gasteiger partial charge in [-0.05, 0) is 26.0 Å². The molecule has 92 valence electrons. The molecule has 0 aliphatic rings. The van der Waals surface area contributed by atoms with Gasteiger partial charge in [0.05, 0.1) is 6.42 Å². The van der Waals surface area contributed by atoms with Crippen LogP contribution in [0.25, 0.3) is 0 Å². The third-order valence-corrected chi connectivity index (χ3v) is 2.06. The molecule has 6 heteroatoms. The summed E-state index contributed by atoms with van der Waals surface area (Å²) >= 11 is 0. The van der Waals surface area contributed by atoms with E-state index >= 15 is 0 Å². The van der Waals surface area contributed by atoms with Gasteiger partial charge in [0.2, 0.25) is 0 Å². The van der Waals surface area contributed by atoms with Crippen molar-refractivity contribution in [3.63, 3.8) is 0 Å². The van der Waals surface area contributed by atoms with Gasteiger partial charge in [-0.15, -0.1) is 0 Å². The summed E-state index contributed by atoms with van der Waals surface area (Å²) in [7, 11) is 0. The number of nitrogens with zero attached hydrogens (tertiary/aromatic N) is 1. The maximum atomic E-state index is 10.9. The number of nitrogens with two attached hydrogens (primary N) is 1. The third kappa shape index (κ3) is 4.10. The van der Waals surface area contributed by atoms with Crippen LogP contribution in [-0.4, -0.2) is 27.5 Å². The van der Waals surface area contributed by atoms with E-state index < -0.39 is 17.4 Å². The van der Waals surface area contributed by atoms with Gasteiger partial charge in [-0.1, -0.05) is 6.07 Å². The van der Waals surface area contributed by atoms with Gasteiger partial charge in [-0.2, -0.15) is 0 Å². The highest BCUT2D eigenvalue weighted by Crippen LogP contribution is 2.16. The molecule has 0 bridgehead atoms. The molecule has 0 unspecified atom stereocenters. The van der Waals surface area contributed by atoms with Gasteiger partial charge in [0, 0.05) is 5.54 Å². The Morgan fingerprint density at radius 3 is 2.65 bits per heavy atom. The SMILES string of the molecule is CC(C)(CC(=O)O)Nc1cccc(C(N)=O)n1. The van der Waals surface area contributed by atoms with Crippen molar-refractivity contribution < 1.29 is 14.7 Å². The van der Waals surface area contributed by atoms with Crippen molar-refractivity contribution in [1.82, 2.24) is 4.98 Å². The Hall–Kier alpha value is -2.11. The summed E-state index contributed by atoms with van der Waals surface area (Å²) in [5, 5.41) is 11.7. The van der Waals surface area contributed by atoms with Crippen LogP contribution in [0.2, 0.25) is 0 Å². The summed E-state index contributed by atoms with van der Waals surface area (Å²) in [5.74, 6) is -1.11. The summed E-state index contributed by atoms with van der Waals surface area (Å²) in [6.45, 7) is 3.47. The number of hydrogen-bond donors (Lipinski definition) is 3. The van der Waals surface area contributed by atoms with Gasteiger partial charge in [0.1, 0.15) is 11.5 Å². The zero-order chi connectivity index (χ0) is 13.1. The van der Waals surface area contributed by atoms with Crippen LogP contribution < -0.4 is 11.1 Å². The monoisotopic (exact) mass is 237 g/mol. The molecule has 0 aliphatic carbocycles. The molecule has 17 heavy (non-hydrogen) atoms. The van der Waals surface area contributed by atoms with E-state index in [0.29, 0.717) is 5.82 Å². The first-order valence-electron chi connectivity index (χ1n) is 5.07. The number of primary amides is 1. The number of amides is 1. The smallest absolute Gasteiger partial charge is 0.305 e. The average Bonchev–Trinajstić information content (AvgIpc) is 2.14. The van der Waals surface area contributed by atoms with Crippen molar-refractivity contribution in [3.8, 4) is 0 Å². The number of carbonyl (C=O) groups excluding carboxylic acids is 1. The van der Waals surface area contributed by atoms with Crippen LogP contribution in [0.5, 0.6) is 0 Å². The van der Waals surface area contributed by atoms with Crippen LogP contribution in [0.4, 0.5) is 5.82 Å². The van der Waals surface area contributed by atoms with Crippen LogP contribution in [0.3, 0.4) is 0 Å². The minimum absolute atomic E-state index is 0.0600. The highest BCUT2D eigenvalue weighted by Gasteiger charge is 2.22. The largest absolute Gasteiger partial charge is 0.481 e. The van der Waals surface area contributed by atoms with Crippen LogP contribution in [-0.2, 0) is 4.79 Å². The first kappa shape index (κ1) is 13.0. The number of rotatable bonds is 5. The second-order valence-corrected chi connectivity index (χ2v) is 4.35. The lowest BCUT2D eigenvalue weighted by Crippen LogP contribution is -2.34. The number of carboxylic acids is 1. The van der Waals surface area contributed by atoms with Gasteiger partial charge in [-0.25, -0.2) is 4.98 Å². The van der Waals surface area contributed by atoms with Crippen LogP contribution in [0.1, 0.15) is 30.8 Å². The molecular weight excluding hydrogens is 222 g/mol. The minimum Gasteiger partial charge on any atom is -0.481 e. The molecule has 0 spiro atoms. The molecular formula is C11H15N3O3. The predicted molar refractivity (Wildman–Crippen MR) is 62.7 cm³/mol. The molecule has 1 heterocycles. The Bertz CT molecular complexity index is 443. The standard InChI is InChI=1S/C11H15N3O3/c1-11(2,6-9(15)16)14-8-5-3-4-7(13-8)10(12)17/h3-5H,6H2,1-2H3,(H2,12,17)(H,13,14)(H,15,16). The summed E-state index contributed by atoms with van der Waals surface area (Å²) in [5.41, 5.74) is 4.59. The molecule has 0 fully saturated rings. The highest BCUT2D eigenvalue weighted by molar-refractivity contribution is 5.91. The maximum absolute atomic E-state index is 10.9. The molecule has 0 aromatic carbocycles. The van der Waals surface area contributed by atoms with Gasteiger partial charge in [0.15, 0.2) is 0 Å². The summed E-state index contributed by atoms with van der Waals surface area (Å²) in [6, 6.07) is 4.78. The molecule has 1 aromatic rings. The van der Waals surface area contributed by atoms with Crippen molar-refractivity contribution in [1.29, 1.82) is 0 Å². The molecule has 1 aromatic heterocycles. The highest BCUT2D eigenvalue weighted by atomic mass is 16.4. The number of anilines is 1. The Labute approximate surface area is 98.8 Å². The summed E-state index contributed by atoms with van der Waals surface area (Å²) < 4.78 is 0. The Balaban J connectivity index is 2.84. The average molecular weight is 237 g/mol. The molecule has 1 rings (SSSR count). The Morgan fingerprint density at radius 1 is 1.47 bits per heavy atom. The van der Waals surface area contributed by atoms with Crippen LogP contribution >= 0.6 is 0 Å². The molecule has 0 saturated heterocycles. The van der Waals surface area contributed by atoms with E-state index in [-0.39, 0.29) is 12.1 Å². The van der Waals surface area contributed by atoms with Crippen molar-refractivity contribution in [2.45, 2.75) is 25.8 Å². The number of aliphatic carboxylic acids is 1. The molecule has 0 atom stereocenters. The van der Waals surface area contributed by atoms with Crippen LogP contribution in [0.15, 0.2) is 18.2 Å². The van der Waals surface area contributed by atoms with Gasteiger partial charge >= 0.3 is 5.97 Å². The van der Waals surface area contributed by atoms with Crippen molar-refractivity contribution in [3.05, 3.63) is 23.9 Å². The molecule has 4 N–H and O–H groups in total. The van der Waals surface area contributed by atoms with Gasteiger partial charge in [-0.3, -0.25) is 9.59 Å². The quantitative estimate of drug-likeness (QED) is 0.703. The molecule has 0 aliphatic heterocycles. The van der Waals surface area contributed by atoms with Gasteiger partial charge in [0.25, 0.3) is 5.91 Å². The number of carbonyl (C=O) groups is 2. The fraction of sp³-hybridized carbons (Fsp3) is 0.364. The van der Waals surface area contributed by atoms with E-state index in [1.165, 1.54) is 6.07 Å². The third-order valence-electron chi connectivity index (χ3n) is 2.06. The predicted octanol–water partition coefficient (Wildman–Crippen LogP) is 0.846. The minimum atomic E-state index is -0.909. The fourth-order valence-electron chi connectivity index (χ4n) is 1.41. The zero-order valence-electron chi connectivity index (χ0n) is 9.73. The van der Waals surface area contributed by atoms with Crippen molar-refractivity contribution in [2.75, 3.05) is 5.32 Å². The van der Waals surface area contributed by atoms with Crippen molar-refractivity contribution in [2.24, 2.45) is 5.73 Å². The lowest BCUT2D eigenvalue weighted by atomic mass is 10.0. The van der Waals surface area contributed by atoms with E-state index in [0.717, 1.165) is 0 Å². The fourth-order valence-corrected chi connectivity index (χ4v) is 1.41. The van der Waals surface area contributed by atoms with Crippen LogP contribution in [0, 0.1) is 0 Å². The first-order chi connectivity index (χ1) is 7.80. The molecule has 1 amide bonds. The lowest BCUT2D eigenvalue weighted by molar-refractivity contribution is -0.137. The zero-order valence-corrected chi connectivity index (χ0v) is 9.73. The summed E-state index contributed by atoms with van der Waals surface area (Å²) in [4.78, 5) is 25.6. The Kier molecular flexibility index (Phi) is 3.67. The molecule has 0 radical (unpaired) electrons. The number of pyridine rings is 1. The molecule has 0 saturated carbocycles. The van der Waals surface area contributed by atoms with E-state index in [1.54, 1.807) is 26.0 Å². The van der Waals surface area contributed by atoms with Crippen molar-refractivity contribution >= 4 is 17.7 Å². The molecule has 6 nitrogen and oxygen atoms in total. The van der Waals surface area contributed by atoms with E-state index in [4.69, 9.17) is 10.8 Å². The normalized spacial score (nSPS) is 10.9. The number of aromatic nitrogens is 1.